The van der Waals surface area contributed by atoms with E-state index in [2.05, 4.69) is 24.5 Å². The lowest BCUT2D eigenvalue weighted by Crippen LogP contribution is -2.37. The topological polar surface area (TPSA) is 76.7 Å². The fourth-order valence-electron chi connectivity index (χ4n) is 5.17. The summed E-state index contributed by atoms with van der Waals surface area (Å²) in [7, 11) is 3.23. The van der Waals surface area contributed by atoms with Crippen LogP contribution in [0.1, 0.15) is 79.5 Å². The molecule has 0 heterocycles. The molecule has 3 rings (SSSR count). The van der Waals surface area contributed by atoms with Crippen LogP contribution in [0.2, 0.25) is 0 Å². The SMILES string of the molecule is COc1ccc(C(=O)NCCC2(C)CCCCC2CCC(C)NC(=O)c2ccc(OC)cc2)cc1. The third-order valence-electron chi connectivity index (χ3n) is 7.55. The Morgan fingerprint density at radius 3 is 2.09 bits per heavy atom. The normalized spacial score (nSPS) is 20.5. The smallest absolute Gasteiger partial charge is 0.251 e. The standard InChI is InChI=1S/C29H40N2O4/c1-21(31-28(33)23-11-16-26(35-4)17-12-23)8-13-24-7-5-6-18-29(24,2)19-20-30-27(32)22-9-14-25(34-3)15-10-22/h9-12,14-17,21,24H,5-8,13,18-20H2,1-4H3,(H,30,32)(H,31,33). The summed E-state index contributed by atoms with van der Waals surface area (Å²) in [6, 6.07) is 14.5. The molecule has 2 aromatic carbocycles. The Kier molecular flexibility index (Phi) is 9.58. The molecular formula is C29H40N2O4. The highest BCUT2D eigenvalue weighted by Crippen LogP contribution is 2.45. The molecule has 1 aliphatic rings. The molecule has 0 spiro atoms. The van der Waals surface area contributed by atoms with Crippen molar-refractivity contribution in [1.29, 1.82) is 0 Å². The maximum atomic E-state index is 12.6. The van der Waals surface area contributed by atoms with Gasteiger partial charge < -0.3 is 20.1 Å². The monoisotopic (exact) mass is 480 g/mol. The van der Waals surface area contributed by atoms with E-state index in [-0.39, 0.29) is 23.3 Å². The second-order valence-electron chi connectivity index (χ2n) is 10.0. The fourth-order valence-corrected chi connectivity index (χ4v) is 5.17. The number of benzene rings is 2. The quantitative estimate of drug-likeness (QED) is 0.438. The Hall–Kier alpha value is -3.02. The molecule has 6 nitrogen and oxygen atoms in total. The summed E-state index contributed by atoms with van der Waals surface area (Å²) in [6.07, 6.45) is 7.87. The van der Waals surface area contributed by atoms with E-state index in [1.807, 2.05) is 12.1 Å². The Labute approximate surface area is 209 Å². The number of rotatable bonds is 11. The van der Waals surface area contributed by atoms with Gasteiger partial charge in [-0.15, -0.1) is 0 Å². The first-order chi connectivity index (χ1) is 16.8. The first-order valence-corrected chi connectivity index (χ1v) is 12.7. The van der Waals surface area contributed by atoms with Gasteiger partial charge in [0, 0.05) is 23.7 Å². The van der Waals surface area contributed by atoms with Gasteiger partial charge in [0.25, 0.3) is 11.8 Å². The Bertz CT molecular complexity index is 958. The molecular weight excluding hydrogens is 440 g/mol. The van der Waals surface area contributed by atoms with Crippen molar-refractivity contribution >= 4 is 11.8 Å². The van der Waals surface area contributed by atoms with Gasteiger partial charge in [0.05, 0.1) is 14.2 Å². The van der Waals surface area contributed by atoms with Crippen LogP contribution >= 0.6 is 0 Å². The van der Waals surface area contributed by atoms with Crippen molar-refractivity contribution in [3.05, 3.63) is 59.7 Å². The Balaban J connectivity index is 1.47. The van der Waals surface area contributed by atoms with Crippen LogP contribution in [0.3, 0.4) is 0 Å². The zero-order valence-electron chi connectivity index (χ0n) is 21.6. The van der Waals surface area contributed by atoms with Gasteiger partial charge in [0.1, 0.15) is 11.5 Å². The van der Waals surface area contributed by atoms with Crippen molar-refractivity contribution in [2.75, 3.05) is 20.8 Å². The van der Waals surface area contributed by atoms with E-state index >= 15 is 0 Å². The second kappa shape index (κ2) is 12.6. The zero-order valence-corrected chi connectivity index (χ0v) is 21.6. The minimum Gasteiger partial charge on any atom is -0.497 e. The van der Waals surface area contributed by atoms with Crippen molar-refractivity contribution in [2.45, 2.75) is 64.8 Å². The zero-order chi connectivity index (χ0) is 25.3. The summed E-state index contributed by atoms with van der Waals surface area (Å²) in [5.74, 6) is 1.99. The van der Waals surface area contributed by atoms with Gasteiger partial charge in [-0.3, -0.25) is 9.59 Å². The van der Waals surface area contributed by atoms with Crippen LogP contribution in [0, 0.1) is 11.3 Å². The minimum absolute atomic E-state index is 0.0431. The number of carbonyl (C=O) groups excluding carboxylic acids is 2. The van der Waals surface area contributed by atoms with Gasteiger partial charge in [-0.1, -0.05) is 19.8 Å². The minimum atomic E-state index is -0.0483. The second-order valence-corrected chi connectivity index (χ2v) is 10.0. The maximum absolute atomic E-state index is 12.6. The summed E-state index contributed by atoms with van der Waals surface area (Å²) in [4.78, 5) is 25.1. The summed E-state index contributed by atoms with van der Waals surface area (Å²) in [5.41, 5.74) is 1.50. The first-order valence-electron chi connectivity index (χ1n) is 12.7. The molecule has 3 atom stereocenters. The highest BCUT2D eigenvalue weighted by atomic mass is 16.5. The van der Waals surface area contributed by atoms with E-state index < -0.39 is 0 Å². The van der Waals surface area contributed by atoms with E-state index in [1.165, 1.54) is 25.7 Å². The van der Waals surface area contributed by atoms with Gasteiger partial charge >= 0.3 is 0 Å². The molecule has 0 saturated heterocycles. The molecule has 1 aliphatic carbocycles. The molecule has 35 heavy (non-hydrogen) atoms. The van der Waals surface area contributed by atoms with Crippen LogP contribution in [0.4, 0.5) is 0 Å². The van der Waals surface area contributed by atoms with Gasteiger partial charge in [0.15, 0.2) is 0 Å². The van der Waals surface area contributed by atoms with Crippen LogP contribution < -0.4 is 20.1 Å². The van der Waals surface area contributed by atoms with Crippen LogP contribution in [0.15, 0.2) is 48.5 Å². The number of methoxy groups -OCH3 is 2. The summed E-state index contributed by atoms with van der Waals surface area (Å²) < 4.78 is 10.3. The number of carbonyl (C=O) groups is 2. The van der Waals surface area contributed by atoms with E-state index in [9.17, 15) is 9.59 Å². The lowest BCUT2D eigenvalue weighted by Gasteiger charge is -2.42. The third-order valence-corrected chi connectivity index (χ3v) is 7.55. The molecule has 0 aromatic heterocycles. The van der Waals surface area contributed by atoms with E-state index in [0.29, 0.717) is 23.6 Å². The molecule has 0 radical (unpaired) electrons. The van der Waals surface area contributed by atoms with Crippen LogP contribution in [0.25, 0.3) is 0 Å². The Morgan fingerprint density at radius 2 is 1.51 bits per heavy atom. The fraction of sp³-hybridized carbons (Fsp3) is 0.517. The van der Waals surface area contributed by atoms with E-state index in [4.69, 9.17) is 9.47 Å². The average molecular weight is 481 g/mol. The molecule has 2 amide bonds. The van der Waals surface area contributed by atoms with Crippen molar-refractivity contribution in [3.8, 4) is 11.5 Å². The number of amides is 2. The van der Waals surface area contributed by atoms with Gasteiger partial charge in [0.2, 0.25) is 0 Å². The van der Waals surface area contributed by atoms with Crippen LogP contribution in [0.5, 0.6) is 11.5 Å². The molecule has 0 bridgehead atoms. The molecule has 2 N–H and O–H groups in total. The van der Waals surface area contributed by atoms with Crippen LogP contribution in [-0.2, 0) is 0 Å². The maximum Gasteiger partial charge on any atom is 0.251 e. The predicted octanol–water partition coefficient (Wildman–Crippen LogP) is 5.62. The number of hydrogen-bond donors (Lipinski definition) is 2. The number of hydrogen-bond acceptors (Lipinski definition) is 4. The lowest BCUT2D eigenvalue weighted by atomic mass is 9.64. The van der Waals surface area contributed by atoms with Crippen molar-refractivity contribution < 1.29 is 19.1 Å². The van der Waals surface area contributed by atoms with Crippen molar-refractivity contribution in [3.63, 3.8) is 0 Å². The largest absolute Gasteiger partial charge is 0.497 e. The highest BCUT2D eigenvalue weighted by Gasteiger charge is 2.36. The number of ether oxygens (including phenoxy) is 2. The summed E-state index contributed by atoms with van der Waals surface area (Å²) in [5, 5.41) is 6.24. The number of nitrogens with one attached hydrogen (secondary N) is 2. The average Bonchev–Trinajstić information content (AvgIpc) is 2.88. The molecule has 6 heteroatoms. The Morgan fingerprint density at radius 1 is 0.943 bits per heavy atom. The molecule has 1 saturated carbocycles. The predicted molar refractivity (Wildman–Crippen MR) is 139 cm³/mol. The van der Waals surface area contributed by atoms with Crippen molar-refractivity contribution in [2.24, 2.45) is 11.3 Å². The van der Waals surface area contributed by atoms with E-state index in [0.717, 1.165) is 30.8 Å². The third kappa shape index (κ3) is 7.48. The van der Waals surface area contributed by atoms with Crippen LogP contribution in [-0.4, -0.2) is 38.6 Å². The summed E-state index contributed by atoms with van der Waals surface area (Å²) in [6.45, 7) is 5.12. The lowest BCUT2D eigenvalue weighted by molar-refractivity contribution is 0.0832. The van der Waals surface area contributed by atoms with Gasteiger partial charge in [-0.2, -0.15) is 0 Å². The first kappa shape index (κ1) is 26.6. The van der Waals surface area contributed by atoms with Gasteiger partial charge in [-0.25, -0.2) is 0 Å². The van der Waals surface area contributed by atoms with E-state index in [1.54, 1.807) is 50.6 Å². The van der Waals surface area contributed by atoms with Crippen molar-refractivity contribution in [1.82, 2.24) is 10.6 Å². The summed E-state index contributed by atoms with van der Waals surface area (Å²) >= 11 is 0. The molecule has 1 fully saturated rings. The molecule has 190 valence electrons. The van der Waals surface area contributed by atoms with Gasteiger partial charge in [-0.05, 0) is 98.9 Å². The molecule has 0 aliphatic heterocycles. The molecule has 2 aromatic rings. The molecule has 3 unspecified atom stereocenters. The highest BCUT2D eigenvalue weighted by molar-refractivity contribution is 5.94.